The van der Waals surface area contributed by atoms with Gasteiger partial charge in [0.2, 0.25) is 0 Å². The number of nitrogens with zero attached hydrogens (tertiary/aromatic N) is 1. The molecule has 3 aromatic carbocycles. The molecule has 2 fully saturated rings. The zero-order valence-corrected chi connectivity index (χ0v) is 19.2. The van der Waals surface area contributed by atoms with Gasteiger partial charge in [0.15, 0.2) is 0 Å². The summed E-state index contributed by atoms with van der Waals surface area (Å²) in [6.45, 7) is 4.65. The molecule has 2 heterocycles. The summed E-state index contributed by atoms with van der Waals surface area (Å²) in [5, 5.41) is 13.7. The molecule has 1 unspecified atom stereocenters. The van der Waals surface area contributed by atoms with Gasteiger partial charge in [0.1, 0.15) is 5.75 Å². The molecule has 1 spiro atoms. The third kappa shape index (κ3) is 3.85. The molecular formula is C30H32N2O. The number of phenolic OH excluding ortho intramolecular Hbond substituents is 1. The van der Waals surface area contributed by atoms with Crippen LogP contribution in [0.15, 0.2) is 72.8 Å². The Morgan fingerprint density at radius 2 is 1.70 bits per heavy atom. The number of hydrogen-bond donors (Lipinski definition) is 2. The molecule has 2 N–H and O–H groups in total. The third-order valence-electron chi connectivity index (χ3n) is 7.95. The standard InChI is InChI=1S/C30H32N2O/c33-26-13-14-28-24(19-26)7-4-8-27(22-5-2-1-3-6-22)29(28)23-9-11-25(12-10-23)32-18-16-30(21-32)15-17-31-20-30/h1-3,5-6,9-14,19,31,33H,4,7-8,15-18,20-21H2. The maximum Gasteiger partial charge on any atom is 0.115 e. The molecule has 6 rings (SSSR count). The van der Waals surface area contributed by atoms with E-state index in [9.17, 15) is 5.11 Å². The lowest BCUT2D eigenvalue weighted by Gasteiger charge is -2.24. The molecule has 0 amide bonds. The highest BCUT2D eigenvalue weighted by Gasteiger charge is 2.40. The summed E-state index contributed by atoms with van der Waals surface area (Å²) in [6, 6.07) is 26.0. The van der Waals surface area contributed by atoms with Crippen molar-refractivity contribution in [2.75, 3.05) is 31.1 Å². The van der Waals surface area contributed by atoms with Crippen molar-refractivity contribution in [2.24, 2.45) is 5.41 Å². The quantitative estimate of drug-likeness (QED) is 0.538. The van der Waals surface area contributed by atoms with Crippen LogP contribution in [0.1, 0.15) is 47.9 Å². The van der Waals surface area contributed by atoms with Crippen molar-refractivity contribution < 1.29 is 5.11 Å². The number of fused-ring (bicyclic) bond motifs is 1. The number of hydrogen-bond acceptors (Lipinski definition) is 3. The van der Waals surface area contributed by atoms with Crippen LogP contribution in [0.3, 0.4) is 0 Å². The number of allylic oxidation sites excluding steroid dienone is 1. The maximum atomic E-state index is 10.1. The lowest BCUT2D eigenvalue weighted by Crippen LogP contribution is -2.29. The van der Waals surface area contributed by atoms with Crippen molar-refractivity contribution in [2.45, 2.75) is 32.1 Å². The largest absolute Gasteiger partial charge is 0.508 e. The van der Waals surface area contributed by atoms with Crippen LogP contribution >= 0.6 is 0 Å². The summed E-state index contributed by atoms with van der Waals surface area (Å²) in [7, 11) is 0. The lowest BCUT2D eigenvalue weighted by molar-refractivity contribution is 0.369. The Balaban J connectivity index is 1.41. The number of aromatic hydroxyl groups is 1. The highest BCUT2D eigenvalue weighted by atomic mass is 16.3. The minimum atomic E-state index is 0.357. The molecule has 0 radical (unpaired) electrons. The van der Waals surface area contributed by atoms with E-state index in [1.54, 1.807) is 0 Å². The van der Waals surface area contributed by atoms with E-state index in [0.717, 1.165) is 32.4 Å². The van der Waals surface area contributed by atoms with Crippen molar-refractivity contribution in [1.29, 1.82) is 0 Å². The molecule has 3 aromatic rings. The molecule has 0 bridgehead atoms. The lowest BCUT2D eigenvalue weighted by atomic mass is 9.86. The topological polar surface area (TPSA) is 35.5 Å². The van der Waals surface area contributed by atoms with Crippen molar-refractivity contribution in [3.8, 4) is 5.75 Å². The van der Waals surface area contributed by atoms with Crippen molar-refractivity contribution in [3.63, 3.8) is 0 Å². The van der Waals surface area contributed by atoms with E-state index < -0.39 is 0 Å². The molecule has 168 valence electrons. The van der Waals surface area contributed by atoms with Crippen LogP contribution in [0.4, 0.5) is 5.69 Å². The van der Waals surface area contributed by atoms with E-state index in [2.05, 4.69) is 70.9 Å². The molecule has 3 aliphatic rings. The smallest absolute Gasteiger partial charge is 0.115 e. The first-order valence-corrected chi connectivity index (χ1v) is 12.4. The highest BCUT2D eigenvalue weighted by Crippen LogP contribution is 2.42. The second-order valence-corrected chi connectivity index (χ2v) is 10.1. The Labute approximate surface area is 196 Å². The number of anilines is 1. The molecule has 2 aliphatic heterocycles. The molecule has 33 heavy (non-hydrogen) atoms. The number of nitrogens with one attached hydrogen (secondary N) is 1. The molecular weight excluding hydrogens is 404 g/mol. The van der Waals surface area contributed by atoms with E-state index in [4.69, 9.17) is 0 Å². The molecule has 0 saturated carbocycles. The summed E-state index contributed by atoms with van der Waals surface area (Å²) in [5.41, 5.74) is 9.61. The van der Waals surface area contributed by atoms with Gasteiger partial charge in [-0.3, -0.25) is 0 Å². The minimum Gasteiger partial charge on any atom is -0.508 e. The number of benzene rings is 3. The summed E-state index contributed by atoms with van der Waals surface area (Å²) >= 11 is 0. The summed E-state index contributed by atoms with van der Waals surface area (Å²) in [6.07, 6.45) is 5.72. The first-order valence-electron chi connectivity index (χ1n) is 12.4. The van der Waals surface area contributed by atoms with Crippen molar-refractivity contribution in [1.82, 2.24) is 5.32 Å². The average molecular weight is 437 g/mol. The molecule has 3 heteroatoms. The van der Waals surface area contributed by atoms with Gasteiger partial charge in [-0.1, -0.05) is 48.5 Å². The van der Waals surface area contributed by atoms with Crippen LogP contribution in [0.2, 0.25) is 0 Å². The van der Waals surface area contributed by atoms with E-state index in [0.29, 0.717) is 11.2 Å². The zero-order chi connectivity index (χ0) is 22.3. The van der Waals surface area contributed by atoms with Gasteiger partial charge < -0.3 is 15.3 Å². The second-order valence-electron chi connectivity index (χ2n) is 10.1. The Morgan fingerprint density at radius 1 is 0.848 bits per heavy atom. The number of rotatable bonds is 3. The first-order chi connectivity index (χ1) is 16.2. The normalized spacial score (nSPS) is 22.6. The maximum absolute atomic E-state index is 10.1. The molecule has 1 atom stereocenters. The Morgan fingerprint density at radius 3 is 2.48 bits per heavy atom. The fourth-order valence-electron chi connectivity index (χ4n) is 6.17. The van der Waals surface area contributed by atoms with Crippen LogP contribution < -0.4 is 10.2 Å². The van der Waals surface area contributed by atoms with Gasteiger partial charge in [-0.05, 0) is 96.3 Å². The predicted molar refractivity (Wildman–Crippen MR) is 137 cm³/mol. The highest BCUT2D eigenvalue weighted by molar-refractivity contribution is 6.00. The fourth-order valence-corrected chi connectivity index (χ4v) is 6.17. The first kappa shape index (κ1) is 20.6. The predicted octanol–water partition coefficient (Wildman–Crippen LogP) is 5.88. The van der Waals surface area contributed by atoms with Gasteiger partial charge in [0.05, 0.1) is 0 Å². The summed E-state index contributed by atoms with van der Waals surface area (Å²) in [5.74, 6) is 0.357. The Bertz CT molecular complexity index is 1170. The van der Waals surface area contributed by atoms with Crippen LogP contribution in [0.25, 0.3) is 11.1 Å². The van der Waals surface area contributed by atoms with E-state index in [1.807, 2.05) is 12.1 Å². The summed E-state index contributed by atoms with van der Waals surface area (Å²) < 4.78 is 0. The molecule has 0 aromatic heterocycles. The van der Waals surface area contributed by atoms with Crippen LogP contribution in [0, 0.1) is 5.41 Å². The van der Waals surface area contributed by atoms with E-state index in [1.165, 1.54) is 65.0 Å². The molecule has 3 nitrogen and oxygen atoms in total. The van der Waals surface area contributed by atoms with E-state index >= 15 is 0 Å². The average Bonchev–Trinajstić information content (AvgIpc) is 3.45. The molecule has 2 saturated heterocycles. The minimum absolute atomic E-state index is 0.357. The van der Waals surface area contributed by atoms with Crippen molar-refractivity contribution >= 4 is 16.8 Å². The Kier molecular flexibility index (Phi) is 5.22. The van der Waals surface area contributed by atoms with Crippen LogP contribution in [-0.2, 0) is 6.42 Å². The van der Waals surface area contributed by atoms with Crippen molar-refractivity contribution in [3.05, 3.63) is 95.1 Å². The number of aryl methyl sites for hydroxylation is 1. The van der Waals surface area contributed by atoms with Crippen LogP contribution in [0.5, 0.6) is 5.75 Å². The second kappa shape index (κ2) is 8.39. The van der Waals surface area contributed by atoms with Gasteiger partial charge in [-0.2, -0.15) is 0 Å². The number of phenols is 1. The van der Waals surface area contributed by atoms with Gasteiger partial charge >= 0.3 is 0 Å². The van der Waals surface area contributed by atoms with Gasteiger partial charge in [-0.15, -0.1) is 0 Å². The molecule has 1 aliphatic carbocycles. The monoisotopic (exact) mass is 436 g/mol. The van der Waals surface area contributed by atoms with Gasteiger partial charge in [0.25, 0.3) is 0 Å². The van der Waals surface area contributed by atoms with Gasteiger partial charge in [0, 0.05) is 30.7 Å². The van der Waals surface area contributed by atoms with Gasteiger partial charge in [-0.25, -0.2) is 0 Å². The van der Waals surface area contributed by atoms with Crippen LogP contribution in [-0.4, -0.2) is 31.3 Å². The zero-order valence-electron chi connectivity index (χ0n) is 19.2. The fraction of sp³-hybridized carbons (Fsp3) is 0.333. The Hall–Kier alpha value is -3.04. The SMILES string of the molecule is Oc1ccc2c(c1)CCCC(c1ccccc1)=C2c1ccc(N2CCC3(CCNC3)C2)cc1. The summed E-state index contributed by atoms with van der Waals surface area (Å²) in [4.78, 5) is 2.57. The van der Waals surface area contributed by atoms with E-state index in [-0.39, 0.29) is 0 Å². The third-order valence-corrected chi connectivity index (χ3v) is 7.95.